The predicted octanol–water partition coefficient (Wildman–Crippen LogP) is 2.64. The smallest absolute Gasteiger partial charge is 0.508 e. The molecule has 1 aromatic carbocycles. The third-order valence-corrected chi connectivity index (χ3v) is 1.86. The third kappa shape index (κ3) is 2.69. The molecule has 3 N–H and O–H groups in total. The lowest BCUT2D eigenvalue weighted by Gasteiger charge is -2.12. The van der Waals surface area contributed by atoms with E-state index >= 15 is 0 Å². The molecule has 0 fully saturated rings. The zero-order chi connectivity index (χ0) is 10.9. The Bertz CT molecular complexity index is 330. The van der Waals surface area contributed by atoms with Gasteiger partial charge >= 0.3 is 6.36 Å². The molecule has 78 valence electrons. The summed E-state index contributed by atoms with van der Waals surface area (Å²) >= 11 is 2.79. The van der Waals surface area contributed by atoms with Crippen molar-refractivity contribution in [3.05, 3.63) is 16.6 Å². The van der Waals surface area contributed by atoms with Crippen LogP contribution >= 0.6 is 15.9 Å². The van der Waals surface area contributed by atoms with Crippen LogP contribution in [0.25, 0.3) is 0 Å². The molecule has 0 bridgehead atoms. The highest BCUT2D eigenvalue weighted by molar-refractivity contribution is 9.10. The van der Waals surface area contributed by atoms with Crippen molar-refractivity contribution in [2.45, 2.75) is 6.36 Å². The Hall–Kier alpha value is -1.11. The molecule has 7 heteroatoms. The van der Waals surface area contributed by atoms with Crippen LogP contribution in [0.2, 0.25) is 0 Å². The number of phenolic OH excluding ortho intramolecular Hbond substituents is 1. The summed E-state index contributed by atoms with van der Waals surface area (Å²) in [5.74, 6) is -0.806. The van der Waals surface area contributed by atoms with Crippen LogP contribution in [0.15, 0.2) is 16.6 Å². The Labute approximate surface area is 85.4 Å². The standard InChI is InChI=1S/C7H5BrF3NO2/c8-4-1-3(13)2-5(12)6(4)14-7(9,10)11/h1-2,13H,12H2. The van der Waals surface area contributed by atoms with E-state index in [1.54, 1.807) is 0 Å². The molecule has 0 heterocycles. The Morgan fingerprint density at radius 3 is 2.36 bits per heavy atom. The summed E-state index contributed by atoms with van der Waals surface area (Å²) in [6.45, 7) is 0. The van der Waals surface area contributed by atoms with E-state index < -0.39 is 12.1 Å². The first kappa shape index (κ1) is 11.0. The molecular weight excluding hydrogens is 267 g/mol. The van der Waals surface area contributed by atoms with E-state index in [0.29, 0.717) is 0 Å². The minimum atomic E-state index is -4.81. The highest BCUT2D eigenvalue weighted by Crippen LogP contribution is 2.38. The van der Waals surface area contributed by atoms with Crippen molar-refractivity contribution in [3.63, 3.8) is 0 Å². The normalized spacial score (nSPS) is 11.4. The lowest BCUT2D eigenvalue weighted by molar-refractivity contribution is -0.274. The number of hydrogen-bond donors (Lipinski definition) is 2. The number of benzene rings is 1. The largest absolute Gasteiger partial charge is 0.573 e. The van der Waals surface area contributed by atoms with Gasteiger partial charge in [-0.2, -0.15) is 0 Å². The summed E-state index contributed by atoms with van der Waals surface area (Å²) in [6, 6.07) is 2.02. The molecule has 0 saturated heterocycles. The molecule has 1 aromatic rings. The number of hydrogen-bond acceptors (Lipinski definition) is 3. The van der Waals surface area contributed by atoms with Crippen molar-refractivity contribution in [3.8, 4) is 11.5 Å². The minimum Gasteiger partial charge on any atom is -0.508 e. The van der Waals surface area contributed by atoms with Crippen LogP contribution < -0.4 is 10.5 Å². The van der Waals surface area contributed by atoms with Crippen LogP contribution in [0.5, 0.6) is 11.5 Å². The van der Waals surface area contributed by atoms with E-state index in [9.17, 15) is 13.2 Å². The van der Waals surface area contributed by atoms with Crippen LogP contribution in [0.4, 0.5) is 18.9 Å². The molecule has 0 aliphatic carbocycles. The zero-order valence-corrected chi connectivity index (χ0v) is 8.19. The molecule has 0 unspecified atom stereocenters. The van der Waals surface area contributed by atoms with Crippen molar-refractivity contribution in [2.75, 3.05) is 5.73 Å². The van der Waals surface area contributed by atoms with Gasteiger partial charge in [-0.05, 0) is 22.0 Å². The fourth-order valence-electron chi connectivity index (χ4n) is 0.823. The fourth-order valence-corrected chi connectivity index (χ4v) is 1.37. The van der Waals surface area contributed by atoms with Crippen molar-refractivity contribution in [1.82, 2.24) is 0 Å². The van der Waals surface area contributed by atoms with Gasteiger partial charge in [-0.1, -0.05) is 0 Å². The molecule has 0 spiro atoms. The number of aromatic hydroxyl groups is 1. The second-order valence-electron chi connectivity index (χ2n) is 2.39. The molecule has 0 aliphatic rings. The Balaban J connectivity index is 3.09. The molecular formula is C7H5BrF3NO2. The lowest BCUT2D eigenvalue weighted by Crippen LogP contribution is -2.18. The maximum absolute atomic E-state index is 11.8. The van der Waals surface area contributed by atoms with Gasteiger partial charge in [0.1, 0.15) is 5.75 Å². The first-order chi connectivity index (χ1) is 6.29. The number of rotatable bonds is 1. The van der Waals surface area contributed by atoms with Crippen LogP contribution in [0.1, 0.15) is 0 Å². The molecule has 0 radical (unpaired) electrons. The van der Waals surface area contributed by atoms with Crippen LogP contribution in [-0.4, -0.2) is 11.5 Å². The SMILES string of the molecule is Nc1cc(O)cc(Br)c1OC(F)(F)F. The first-order valence-corrected chi connectivity index (χ1v) is 4.12. The average Bonchev–Trinajstić information content (AvgIpc) is 1.95. The number of anilines is 1. The molecule has 1 rings (SSSR count). The number of alkyl halides is 3. The molecule has 0 amide bonds. The van der Waals surface area contributed by atoms with Gasteiger partial charge in [-0.15, -0.1) is 13.2 Å². The van der Waals surface area contributed by atoms with E-state index in [0.717, 1.165) is 12.1 Å². The van der Waals surface area contributed by atoms with Crippen molar-refractivity contribution in [1.29, 1.82) is 0 Å². The van der Waals surface area contributed by atoms with Gasteiger partial charge in [0.25, 0.3) is 0 Å². The summed E-state index contributed by atoms with van der Waals surface area (Å²) in [5, 5.41) is 8.97. The van der Waals surface area contributed by atoms with Gasteiger partial charge in [-0.25, -0.2) is 0 Å². The van der Waals surface area contributed by atoms with Gasteiger partial charge < -0.3 is 15.6 Å². The summed E-state index contributed by atoms with van der Waals surface area (Å²) in [5.41, 5.74) is 4.92. The van der Waals surface area contributed by atoms with Gasteiger partial charge in [0, 0.05) is 6.07 Å². The number of halogens is 4. The fraction of sp³-hybridized carbons (Fsp3) is 0.143. The van der Waals surface area contributed by atoms with E-state index in [2.05, 4.69) is 20.7 Å². The topological polar surface area (TPSA) is 55.5 Å². The monoisotopic (exact) mass is 271 g/mol. The first-order valence-electron chi connectivity index (χ1n) is 3.33. The summed E-state index contributed by atoms with van der Waals surface area (Å²) < 4.78 is 39.1. The van der Waals surface area contributed by atoms with Crippen molar-refractivity contribution in [2.24, 2.45) is 0 Å². The van der Waals surface area contributed by atoms with Crippen LogP contribution in [0, 0.1) is 0 Å². The van der Waals surface area contributed by atoms with E-state index in [1.807, 2.05) is 0 Å². The van der Waals surface area contributed by atoms with Gasteiger partial charge in [0.05, 0.1) is 10.2 Å². The predicted molar refractivity (Wildman–Crippen MR) is 46.9 cm³/mol. The quantitative estimate of drug-likeness (QED) is 0.772. The minimum absolute atomic E-state index is 0.0627. The Morgan fingerprint density at radius 2 is 1.93 bits per heavy atom. The van der Waals surface area contributed by atoms with Crippen molar-refractivity contribution < 1.29 is 23.0 Å². The number of nitrogens with two attached hydrogens (primary N) is 1. The number of nitrogen functional groups attached to an aromatic ring is 1. The maximum atomic E-state index is 11.8. The molecule has 0 aliphatic heterocycles. The van der Waals surface area contributed by atoms with Gasteiger partial charge in [0.2, 0.25) is 0 Å². The van der Waals surface area contributed by atoms with E-state index in [1.165, 1.54) is 0 Å². The van der Waals surface area contributed by atoms with Gasteiger partial charge in [0.15, 0.2) is 5.75 Å². The van der Waals surface area contributed by atoms with Crippen LogP contribution in [0.3, 0.4) is 0 Å². The lowest BCUT2D eigenvalue weighted by atomic mass is 10.3. The Morgan fingerprint density at radius 1 is 1.36 bits per heavy atom. The van der Waals surface area contributed by atoms with E-state index in [4.69, 9.17) is 10.8 Å². The molecule has 0 saturated carbocycles. The van der Waals surface area contributed by atoms with E-state index in [-0.39, 0.29) is 15.9 Å². The van der Waals surface area contributed by atoms with Gasteiger partial charge in [-0.3, -0.25) is 0 Å². The summed E-state index contributed by atoms with van der Waals surface area (Å²) in [6.07, 6.45) is -4.81. The van der Waals surface area contributed by atoms with Crippen LogP contribution in [-0.2, 0) is 0 Å². The third-order valence-electron chi connectivity index (χ3n) is 1.27. The zero-order valence-electron chi connectivity index (χ0n) is 6.60. The molecule has 3 nitrogen and oxygen atoms in total. The highest BCUT2D eigenvalue weighted by Gasteiger charge is 2.33. The molecule has 0 aromatic heterocycles. The highest BCUT2D eigenvalue weighted by atomic mass is 79.9. The maximum Gasteiger partial charge on any atom is 0.573 e. The summed E-state index contributed by atoms with van der Waals surface area (Å²) in [7, 11) is 0. The number of phenols is 1. The molecule has 0 atom stereocenters. The Kier molecular flexibility index (Phi) is 2.79. The average molecular weight is 272 g/mol. The van der Waals surface area contributed by atoms with Crippen molar-refractivity contribution >= 4 is 21.6 Å². The second-order valence-corrected chi connectivity index (χ2v) is 3.25. The second kappa shape index (κ2) is 3.56. The summed E-state index contributed by atoms with van der Waals surface area (Å²) in [4.78, 5) is 0. The number of ether oxygens (including phenoxy) is 1. The molecule has 14 heavy (non-hydrogen) atoms.